The molecule has 0 unspecified atom stereocenters. The molecule has 1 saturated heterocycles. The van der Waals surface area contributed by atoms with Gasteiger partial charge < -0.3 is 9.64 Å². The van der Waals surface area contributed by atoms with Gasteiger partial charge >= 0.3 is 0 Å². The minimum absolute atomic E-state index is 1.34. The Bertz CT molecular complexity index is 79.9. The normalized spacial score (nSPS) is 17.2. The lowest BCUT2D eigenvalue weighted by Gasteiger charge is -2.12. The summed E-state index contributed by atoms with van der Waals surface area (Å²) in [4.78, 5) is 2.57. The molecule has 0 atom stereocenters. The van der Waals surface area contributed by atoms with E-state index in [4.69, 9.17) is 0 Å². The van der Waals surface area contributed by atoms with Crippen molar-refractivity contribution >= 4 is 0 Å². The molecule has 74 valence electrons. The quantitative estimate of drug-likeness (QED) is 0.648. The van der Waals surface area contributed by atoms with Crippen LogP contribution in [-0.4, -0.2) is 38.8 Å². The van der Waals surface area contributed by atoms with E-state index in [9.17, 15) is 0 Å². The fraction of sp³-hybridized carbons (Fsp3) is 1.00. The number of ether oxygens (including phenoxy) is 1. The third-order valence-electron chi connectivity index (χ3n) is 2.03. The molecule has 1 fully saturated rings. The average molecular weight is 173 g/mol. The Morgan fingerprint density at radius 1 is 1.17 bits per heavy atom. The Balaban J connectivity index is 0.000000354. The number of nitrogens with zero attached hydrogens (tertiary/aromatic N) is 1. The van der Waals surface area contributed by atoms with Gasteiger partial charge in [0, 0.05) is 14.2 Å². The summed E-state index contributed by atoms with van der Waals surface area (Å²) >= 11 is 0. The minimum atomic E-state index is 1.34. The minimum Gasteiger partial charge on any atom is -0.388 e. The molecule has 2 nitrogen and oxygen atoms in total. The summed E-state index contributed by atoms with van der Waals surface area (Å²) < 4.78 is 4.25. The summed E-state index contributed by atoms with van der Waals surface area (Å²) in [6.07, 6.45) is 5.60. The molecule has 1 rings (SSSR count). The summed E-state index contributed by atoms with van der Waals surface area (Å²) in [5, 5.41) is 0. The first-order valence-corrected chi connectivity index (χ1v) is 4.97. The van der Waals surface area contributed by atoms with E-state index in [2.05, 4.69) is 16.6 Å². The molecular weight excluding hydrogens is 150 g/mol. The predicted molar refractivity (Wildman–Crippen MR) is 53.5 cm³/mol. The zero-order valence-corrected chi connectivity index (χ0v) is 8.81. The lowest BCUT2D eigenvalue weighted by atomic mass is 10.3. The molecule has 1 aliphatic rings. The molecule has 0 bridgehead atoms. The van der Waals surface area contributed by atoms with Crippen molar-refractivity contribution in [2.75, 3.05) is 33.9 Å². The summed E-state index contributed by atoms with van der Waals surface area (Å²) in [5.74, 6) is 0. The summed E-state index contributed by atoms with van der Waals surface area (Å²) in [5.41, 5.74) is 0. The van der Waals surface area contributed by atoms with Crippen LogP contribution in [-0.2, 0) is 4.74 Å². The van der Waals surface area contributed by atoms with E-state index in [-0.39, 0.29) is 0 Å². The first kappa shape index (κ1) is 11.9. The maximum absolute atomic E-state index is 4.25. The second-order valence-corrected chi connectivity index (χ2v) is 3.31. The highest BCUT2D eigenvalue weighted by molar-refractivity contribution is 4.64. The molecule has 1 aliphatic heterocycles. The first-order valence-electron chi connectivity index (χ1n) is 4.97. The summed E-state index contributed by atoms with van der Waals surface area (Å²) in [6, 6.07) is 0. The zero-order chi connectivity index (χ0) is 9.23. The van der Waals surface area contributed by atoms with E-state index in [1.165, 1.54) is 45.3 Å². The number of hydrogen-bond donors (Lipinski definition) is 0. The first-order chi connectivity index (χ1) is 5.85. The Labute approximate surface area is 76.9 Å². The summed E-state index contributed by atoms with van der Waals surface area (Å²) in [6.45, 7) is 6.33. The SMILES string of the molecule is CCCCN1CCCC1.COC. The van der Waals surface area contributed by atoms with Gasteiger partial charge in [0.05, 0.1) is 0 Å². The van der Waals surface area contributed by atoms with Crippen molar-refractivity contribution in [3.63, 3.8) is 0 Å². The fourth-order valence-electron chi connectivity index (χ4n) is 1.39. The van der Waals surface area contributed by atoms with E-state index in [1.54, 1.807) is 14.2 Å². The molecule has 1 heterocycles. The van der Waals surface area contributed by atoms with Gasteiger partial charge in [-0.2, -0.15) is 0 Å². The van der Waals surface area contributed by atoms with E-state index < -0.39 is 0 Å². The van der Waals surface area contributed by atoms with Crippen LogP contribution in [0.3, 0.4) is 0 Å². The van der Waals surface area contributed by atoms with E-state index >= 15 is 0 Å². The molecule has 0 radical (unpaired) electrons. The Hall–Kier alpha value is -0.0800. The van der Waals surface area contributed by atoms with Crippen LogP contribution in [0.4, 0.5) is 0 Å². The van der Waals surface area contributed by atoms with Gasteiger partial charge in [0.15, 0.2) is 0 Å². The Kier molecular flexibility index (Phi) is 8.95. The van der Waals surface area contributed by atoms with Gasteiger partial charge in [-0.05, 0) is 38.9 Å². The van der Waals surface area contributed by atoms with Gasteiger partial charge in [-0.15, -0.1) is 0 Å². The second kappa shape index (κ2) is 9.01. The number of methoxy groups -OCH3 is 1. The smallest absolute Gasteiger partial charge is 0.0351 e. The second-order valence-electron chi connectivity index (χ2n) is 3.31. The van der Waals surface area contributed by atoms with Gasteiger partial charge in [0.25, 0.3) is 0 Å². The summed E-state index contributed by atoms with van der Waals surface area (Å²) in [7, 11) is 3.25. The highest BCUT2D eigenvalue weighted by atomic mass is 16.4. The highest BCUT2D eigenvalue weighted by Crippen LogP contribution is 2.07. The standard InChI is InChI=1S/C8H17N.C2H6O/c1-2-3-6-9-7-4-5-8-9;1-3-2/h2-8H2,1H3;1-2H3. The lowest BCUT2D eigenvalue weighted by molar-refractivity contribution is 0.277. The van der Waals surface area contributed by atoms with Crippen molar-refractivity contribution in [2.45, 2.75) is 32.6 Å². The molecule has 0 aliphatic carbocycles. The molecule has 0 aromatic carbocycles. The third kappa shape index (κ3) is 6.62. The molecular formula is C10H23NO. The van der Waals surface area contributed by atoms with Crippen molar-refractivity contribution in [2.24, 2.45) is 0 Å². The van der Waals surface area contributed by atoms with Crippen LogP contribution < -0.4 is 0 Å². The Morgan fingerprint density at radius 2 is 1.67 bits per heavy atom. The molecule has 12 heavy (non-hydrogen) atoms. The van der Waals surface area contributed by atoms with Gasteiger partial charge in [-0.1, -0.05) is 13.3 Å². The van der Waals surface area contributed by atoms with Crippen molar-refractivity contribution in [3.8, 4) is 0 Å². The fourth-order valence-corrected chi connectivity index (χ4v) is 1.39. The molecule has 0 saturated carbocycles. The number of likely N-dealkylation sites (tertiary alicyclic amines) is 1. The maximum Gasteiger partial charge on any atom is 0.0351 e. The molecule has 0 N–H and O–H groups in total. The van der Waals surface area contributed by atoms with Crippen LogP contribution in [0.15, 0.2) is 0 Å². The van der Waals surface area contributed by atoms with E-state index in [1.807, 2.05) is 0 Å². The predicted octanol–water partition coefficient (Wildman–Crippen LogP) is 2.14. The molecule has 2 heteroatoms. The third-order valence-corrected chi connectivity index (χ3v) is 2.03. The number of hydrogen-bond acceptors (Lipinski definition) is 2. The van der Waals surface area contributed by atoms with Crippen molar-refractivity contribution in [1.29, 1.82) is 0 Å². The van der Waals surface area contributed by atoms with Crippen LogP contribution in [0.2, 0.25) is 0 Å². The largest absolute Gasteiger partial charge is 0.388 e. The van der Waals surface area contributed by atoms with Crippen molar-refractivity contribution in [3.05, 3.63) is 0 Å². The van der Waals surface area contributed by atoms with Crippen LogP contribution >= 0.6 is 0 Å². The topological polar surface area (TPSA) is 12.5 Å². The monoisotopic (exact) mass is 173 g/mol. The number of rotatable bonds is 3. The molecule has 0 amide bonds. The van der Waals surface area contributed by atoms with Crippen LogP contribution in [0, 0.1) is 0 Å². The molecule has 0 aromatic heterocycles. The highest BCUT2D eigenvalue weighted by Gasteiger charge is 2.08. The van der Waals surface area contributed by atoms with Crippen LogP contribution in [0.25, 0.3) is 0 Å². The zero-order valence-electron chi connectivity index (χ0n) is 8.81. The lowest BCUT2D eigenvalue weighted by Crippen LogP contribution is -2.19. The van der Waals surface area contributed by atoms with Crippen molar-refractivity contribution < 1.29 is 4.74 Å². The Morgan fingerprint density at radius 3 is 2.08 bits per heavy atom. The molecule has 0 spiro atoms. The maximum atomic E-state index is 4.25. The van der Waals surface area contributed by atoms with E-state index in [0.29, 0.717) is 0 Å². The molecule has 0 aromatic rings. The average Bonchev–Trinajstić information content (AvgIpc) is 2.54. The number of unbranched alkanes of at least 4 members (excludes halogenated alkanes) is 1. The van der Waals surface area contributed by atoms with Gasteiger partial charge in [-0.25, -0.2) is 0 Å². The van der Waals surface area contributed by atoms with Crippen LogP contribution in [0.1, 0.15) is 32.6 Å². The van der Waals surface area contributed by atoms with E-state index in [0.717, 1.165) is 0 Å². The van der Waals surface area contributed by atoms with Gasteiger partial charge in [0.1, 0.15) is 0 Å². The van der Waals surface area contributed by atoms with Crippen LogP contribution in [0.5, 0.6) is 0 Å². The van der Waals surface area contributed by atoms with Gasteiger partial charge in [-0.3, -0.25) is 0 Å². The van der Waals surface area contributed by atoms with Crippen molar-refractivity contribution in [1.82, 2.24) is 4.90 Å². The van der Waals surface area contributed by atoms with Gasteiger partial charge in [0.2, 0.25) is 0 Å².